The van der Waals surface area contributed by atoms with E-state index in [1.165, 1.54) is 12.1 Å². The van der Waals surface area contributed by atoms with Gasteiger partial charge in [0.05, 0.1) is 0 Å². The van der Waals surface area contributed by atoms with Crippen LogP contribution in [0.4, 0.5) is 4.39 Å². The highest BCUT2D eigenvalue weighted by Crippen LogP contribution is 2.20. The van der Waals surface area contributed by atoms with Gasteiger partial charge in [-0.1, -0.05) is 66.7 Å². The molecule has 1 aliphatic heterocycles. The van der Waals surface area contributed by atoms with Gasteiger partial charge >= 0.3 is 0 Å². The SMILES string of the molecule is CC1CN(C(=O)COc2ccc(C=Cc3ccccc3)cc2)C(C)CN1Cc1ccc(F)cc1. The second-order valence-electron chi connectivity index (χ2n) is 8.90. The van der Waals surface area contributed by atoms with Crippen molar-refractivity contribution in [1.82, 2.24) is 9.80 Å². The van der Waals surface area contributed by atoms with Crippen molar-refractivity contribution >= 4 is 18.1 Å². The van der Waals surface area contributed by atoms with Gasteiger partial charge in [-0.2, -0.15) is 0 Å². The van der Waals surface area contributed by atoms with Gasteiger partial charge in [0.15, 0.2) is 6.61 Å². The Bertz CT molecular complexity index is 1100. The molecule has 1 aliphatic rings. The number of nitrogens with zero attached hydrogens (tertiary/aromatic N) is 2. The summed E-state index contributed by atoms with van der Waals surface area (Å²) in [7, 11) is 0. The summed E-state index contributed by atoms with van der Waals surface area (Å²) in [5.74, 6) is 0.452. The van der Waals surface area contributed by atoms with Crippen molar-refractivity contribution in [3.8, 4) is 5.75 Å². The van der Waals surface area contributed by atoms with Crippen molar-refractivity contribution in [1.29, 1.82) is 0 Å². The molecule has 0 N–H and O–H groups in total. The zero-order valence-corrected chi connectivity index (χ0v) is 19.7. The highest BCUT2D eigenvalue weighted by atomic mass is 19.1. The van der Waals surface area contributed by atoms with Crippen molar-refractivity contribution < 1.29 is 13.9 Å². The molecule has 4 nitrogen and oxygen atoms in total. The van der Waals surface area contributed by atoms with Crippen LogP contribution < -0.4 is 4.74 Å². The van der Waals surface area contributed by atoms with Crippen LogP contribution >= 0.6 is 0 Å². The van der Waals surface area contributed by atoms with Gasteiger partial charge in [-0.15, -0.1) is 0 Å². The van der Waals surface area contributed by atoms with Crippen molar-refractivity contribution in [3.05, 3.63) is 101 Å². The fraction of sp³-hybridized carbons (Fsp3) is 0.276. The number of hydrogen-bond acceptors (Lipinski definition) is 3. The van der Waals surface area contributed by atoms with Gasteiger partial charge < -0.3 is 9.64 Å². The van der Waals surface area contributed by atoms with Gasteiger partial charge in [0, 0.05) is 31.7 Å². The molecule has 2 unspecified atom stereocenters. The number of carbonyl (C=O) groups is 1. The van der Waals surface area contributed by atoms with Crippen LogP contribution in [0.5, 0.6) is 5.75 Å². The molecule has 0 bridgehead atoms. The number of halogens is 1. The average molecular weight is 459 g/mol. The number of ether oxygens (including phenoxy) is 1. The first-order chi connectivity index (χ1) is 16.5. The Balaban J connectivity index is 1.27. The third-order valence-electron chi connectivity index (χ3n) is 6.24. The van der Waals surface area contributed by atoms with Crippen molar-refractivity contribution in [2.45, 2.75) is 32.5 Å². The summed E-state index contributed by atoms with van der Waals surface area (Å²) in [5, 5.41) is 0. The Morgan fingerprint density at radius 3 is 2.21 bits per heavy atom. The van der Waals surface area contributed by atoms with Crippen LogP contribution in [0.25, 0.3) is 12.2 Å². The molecule has 176 valence electrons. The molecule has 3 aromatic rings. The van der Waals surface area contributed by atoms with E-state index in [0.29, 0.717) is 12.3 Å². The summed E-state index contributed by atoms with van der Waals surface area (Å²) in [6, 6.07) is 24.8. The lowest BCUT2D eigenvalue weighted by molar-refractivity contribution is -0.139. The Morgan fingerprint density at radius 1 is 0.882 bits per heavy atom. The van der Waals surface area contributed by atoms with Crippen molar-refractivity contribution in [2.75, 3.05) is 19.7 Å². The van der Waals surface area contributed by atoms with Crippen LogP contribution in [-0.2, 0) is 11.3 Å². The number of hydrogen-bond donors (Lipinski definition) is 0. The van der Waals surface area contributed by atoms with Gasteiger partial charge in [0.2, 0.25) is 0 Å². The lowest BCUT2D eigenvalue weighted by Crippen LogP contribution is -2.58. The Hall–Kier alpha value is -3.44. The summed E-state index contributed by atoms with van der Waals surface area (Å²) in [4.78, 5) is 17.1. The van der Waals surface area contributed by atoms with E-state index in [4.69, 9.17) is 4.74 Å². The molecule has 0 saturated carbocycles. The number of amides is 1. The molecule has 34 heavy (non-hydrogen) atoms. The lowest BCUT2D eigenvalue weighted by atomic mass is 10.1. The zero-order chi connectivity index (χ0) is 23.9. The average Bonchev–Trinajstić information content (AvgIpc) is 2.86. The maximum Gasteiger partial charge on any atom is 0.260 e. The molecule has 0 aromatic heterocycles. The molecule has 1 saturated heterocycles. The van der Waals surface area contributed by atoms with Crippen LogP contribution in [0.15, 0.2) is 78.9 Å². The summed E-state index contributed by atoms with van der Waals surface area (Å²) >= 11 is 0. The van der Waals surface area contributed by atoms with E-state index < -0.39 is 0 Å². The molecule has 2 atom stereocenters. The minimum atomic E-state index is -0.223. The van der Waals surface area contributed by atoms with Crippen molar-refractivity contribution in [3.63, 3.8) is 0 Å². The Kier molecular flexibility index (Phi) is 7.76. The molecule has 0 radical (unpaired) electrons. The minimum absolute atomic E-state index is 0.00571. The van der Waals surface area contributed by atoms with Gasteiger partial charge in [-0.3, -0.25) is 9.69 Å². The largest absolute Gasteiger partial charge is 0.484 e. The third kappa shape index (κ3) is 6.33. The Labute approximate surface area is 201 Å². The van der Waals surface area contributed by atoms with Gasteiger partial charge in [0.25, 0.3) is 5.91 Å². The van der Waals surface area contributed by atoms with Crippen LogP contribution in [-0.4, -0.2) is 47.5 Å². The smallest absolute Gasteiger partial charge is 0.260 e. The Morgan fingerprint density at radius 2 is 1.53 bits per heavy atom. The molecule has 1 fully saturated rings. The molecule has 1 amide bonds. The molecular weight excluding hydrogens is 427 g/mol. The molecule has 0 aliphatic carbocycles. The fourth-order valence-corrected chi connectivity index (χ4v) is 4.25. The van der Waals surface area contributed by atoms with Crippen LogP contribution in [0, 0.1) is 5.82 Å². The van der Waals surface area contributed by atoms with Crippen LogP contribution in [0.3, 0.4) is 0 Å². The summed E-state index contributed by atoms with van der Waals surface area (Å²) < 4.78 is 19.0. The molecular formula is C29H31FN2O2. The second kappa shape index (κ2) is 11.1. The third-order valence-corrected chi connectivity index (χ3v) is 6.24. The van der Waals surface area contributed by atoms with Crippen LogP contribution in [0.1, 0.15) is 30.5 Å². The minimum Gasteiger partial charge on any atom is -0.484 e. The molecule has 3 aromatic carbocycles. The molecule has 1 heterocycles. The van der Waals surface area contributed by atoms with E-state index >= 15 is 0 Å². The van der Waals surface area contributed by atoms with Crippen LogP contribution in [0.2, 0.25) is 0 Å². The number of benzene rings is 3. The highest BCUT2D eigenvalue weighted by Gasteiger charge is 2.32. The zero-order valence-electron chi connectivity index (χ0n) is 19.7. The fourth-order valence-electron chi connectivity index (χ4n) is 4.25. The van der Waals surface area contributed by atoms with Gasteiger partial charge in [0.1, 0.15) is 11.6 Å². The van der Waals surface area contributed by atoms with Gasteiger partial charge in [-0.05, 0) is 54.8 Å². The predicted octanol–water partition coefficient (Wildman–Crippen LogP) is 5.50. The normalized spacial score (nSPS) is 18.9. The lowest BCUT2D eigenvalue weighted by Gasteiger charge is -2.44. The topological polar surface area (TPSA) is 32.8 Å². The number of rotatable bonds is 7. The van der Waals surface area contributed by atoms with E-state index in [2.05, 4.69) is 43.0 Å². The molecule has 4 rings (SSSR count). The van der Waals surface area contributed by atoms with E-state index in [-0.39, 0.29) is 30.4 Å². The molecule has 5 heteroatoms. The maximum atomic E-state index is 13.2. The highest BCUT2D eigenvalue weighted by molar-refractivity contribution is 5.78. The van der Waals surface area contributed by atoms with E-state index in [0.717, 1.165) is 29.8 Å². The first kappa shape index (κ1) is 23.7. The predicted molar refractivity (Wildman–Crippen MR) is 135 cm³/mol. The number of carbonyl (C=O) groups excluding carboxylic acids is 1. The van der Waals surface area contributed by atoms with Crippen molar-refractivity contribution in [2.24, 2.45) is 0 Å². The summed E-state index contributed by atoms with van der Waals surface area (Å²) in [6.07, 6.45) is 4.12. The standard InChI is InChI=1S/C29H31FN2O2/c1-22-19-32(23(2)18-31(22)20-26-10-14-27(30)15-11-26)29(33)21-34-28-16-12-25(13-17-28)9-8-24-6-4-3-5-7-24/h3-17,22-23H,18-21H2,1-2H3. The van der Waals surface area contributed by atoms with Gasteiger partial charge in [-0.25, -0.2) is 4.39 Å². The monoisotopic (exact) mass is 458 g/mol. The summed E-state index contributed by atoms with van der Waals surface area (Å²) in [5.41, 5.74) is 3.29. The summed E-state index contributed by atoms with van der Waals surface area (Å²) in [6.45, 7) is 6.37. The molecule has 0 spiro atoms. The van der Waals surface area contributed by atoms with E-state index in [1.807, 2.05) is 59.5 Å². The first-order valence-electron chi connectivity index (χ1n) is 11.7. The van der Waals surface area contributed by atoms with E-state index in [1.54, 1.807) is 0 Å². The first-order valence-corrected chi connectivity index (χ1v) is 11.7. The quantitative estimate of drug-likeness (QED) is 0.439. The van der Waals surface area contributed by atoms with E-state index in [9.17, 15) is 9.18 Å². The maximum absolute atomic E-state index is 13.2. The number of piperazine rings is 1. The second-order valence-corrected chi connectivity index (χ2v) is 8.90.